The van der Waals surface area contributed by atoms with E-state index >= 15 is 0 Å². The fraction of sp³-hybridized carbons (Fsp3) is 0.385. The summed E-state index contributed by atoms with van der Waals surface area (Å²) < 4.78 is 36.0. The van der Waals surface area contributed by atoms with E-state index in [1.54, 1.807) is 36.6 Å². The van der Waals surface area contributed by atoms with E-state index in [9.17, 15) is 28.0 Å². The van der Waals surface area contributed by atoms with E-state index in [2.05, 4.69) is 4.74 Å². The lowest BCUT2D eigenvalue weighted by atomic mass is 9.85. The molecule has 10 heteroatoms. The summed E-state index contributed by atoms with van der Waals surface area (Å²) in [5.74, 6) is -2.32. The van der Waals surface area contributed by atoms with E-state index in [1.165, 1.54) is 12.1 Å². The smallest absolute Gasteiger partial charge is 0.387 e. The number of ketones is 1. The molecule has 1 aromatic carbocycles. The van der Waals surface area contributed by atoms with E-state index in [0.717, 1.165) is 10.6 Å². The van der Waals surface area contributed by atoms with Crippen LogP contribution in [-0.2, 0) is 19.1 Å². The Morgan fingerprint density at radius 3 is 2.22 bits per heavy atom. The number of ether oxygens (including phenoxy) is 2. The zero-order valence-electron chi connectivity index (χ0n) is 19.9. The molecule has 4 rings (SSSR count). The van der Waals surface area contributed by atoms with Gasteiger partial charge in [0.2, 0.25) is 17.6 Å². The highest BCUT2D eigenvalue weighted by atomic mass is 19.3. The molecule has 0 saturated carbocycles. The van der Waals surface area contributed by atoms with Crippen LogP contribution in [0, 0.1) is 25.7 Å². The van der Waals surface area contributed by atoms with Crippen molar-refractivity contribution in [3.05, 3.63) is 59.4 Å². The third-order valence-electron chi connectivity index (χ3n) is 6.55. The van der Waals surface area contributed by atoms with Gasteiger partial charge in [0.25, 0.3) is 0 Å². The highest BCUT2D eigenvalue weighted by molar-refractivity contribution is 6.05. The summed E-state index contributed by atoms with van der Waals surface area (Å²) in [5, 5.41) is 0. The van der Waals surface area contributed by atoms with Gasteiger partial charge in [0.15, 0.2) is 6.61 Å². The molecule has 0 bridgehead atoms. The van der Waals surface area contributed by atoms with Crippen molar-refractivity contribution in [2.75, 3.05) is 13.2 Å². The molecule has 1 aromatic heterocycles. The summed E-state index contributed by atoms with van der Waals surface area (Å²) in [6.45, 7) is 0.0376. The van der Waals surface area contributed by atoms with Crippen LogP contribution in [0.25, 0.3) is 5.69 Å². The van der Waals surface area contributed by atoms with Crippen molar-refractivity contribution in [2.45, 2.75) is 39.7 Å². The predicted octanol–water partition coefficient (Wildman–Crippen LogP) is 3.76. The number of hydrogen-bond acceptors (Lipinski definition) is 6. The number of hydrogen-bond donors (Lipinski definition) is 0. The number of rotatable bonds is 9. The fourth-order valence-electron chi connectivity index (χ4n) is 4.81. The molecule has 0 radical (unpaired) electrons. The minimum absolute atomic E-state index is 0.0205. The van der Waals surface area contributed by atoms with Gasteiger partial charge in [-0.05, 0) is 57.0 Å². The Balaban J connectivity index is 1.33. The van der Waals surface area contributed by atoms with Gasteiger partial charge in [-0.25, -0.2) is 0 Å². The molecule has 36 heavy (non-hydrogen) atoms. The van der Waals surface area contributed by atoms with Crippen LogP contribution in [0.5, 0.6) is 5.75 Å². The van der Waals surface area contributed by atoms with E-state index in [1.807, 2.05) is 12.2 Å². The van der Waals surface area contributed by atoms with Crippen LogP contribution in [0.15, 0.2) is 42.5 Å². The van der Waals surface area contributed by atoms with Crippen molar-refractivity contribution < 1.29 is 37.4 Å². The molecule has 8 nitrogen and oxygen atoms in total. The minimum Gasteiger partial charge on any atom is -0.457 e. The lowest BCUT2D eigenvalue weighted by molar-refractivity contribution is -0.145. The summed E-state index contributed by atoms with van der Waals surface area (Å²) in [5.41, 5.74) is 2.33. The van der Waals surface area contributed by atoms with Crippen molar-refractivity contribution in [2.24, 2.45) is 11.8 Å². The summed E-state index contributed by atoms with van der Waals surface area (Å²) in [7, 11) is 0. The quantitative estimate of drug-likeness (QED) is 0.225. The van der Waals surface area contributed by atoms with E-state index in [4.69, 9.17) is 4.74 Å². The number of amides is 2. The van der Waals surface area contributed by atoms with Gasteiger partial charge in [0, 0.05) is 29.2 Å². The first-order valence-corrected chi connectivity index (χ1v) is 11.6. The molecule has 0 N–H and O–H groups in total. The molecule has 2 aromatic rings. The number of carbonyl (C=O) groups excluding carboxylic acids is 4. The Labute approximate surface area is 206 Å². The third-order valence-corrected chi connectivity index (χ3v) is 6.55. The summed E-state index contributed by atoms with van der Waals surface area (Å²) in [6, 6.07) is 7.67. The number of likely N-dealkylation sites (tertiary alicyclic amines) is 1. The normalized spacial score (nSPS) is 19.1. The molecule has 1 saturated heterocycles. The van der Waals surface area contributed by atoms with Gasteiger partial charge in [-0.1, -0.05) is 12.2 Å². The summed E-state index contributed by atoms with van der Waals surface area (Å²) in [6.07, 6.45) is 4.64. The number of aryl methyl sites for hydroxylation is 1. The number of halogens is 2. The Morgan fingerprint density at radius 2 is 1.64 bits per heavy atom. The largest absolute Gasteiger partial charge is 0.457 e. The van der Waals surface area contributed by atoms with Gasteiger partial charge >= 0.3 is 12.6 Å². The first kappa shape index (κ1) is 25.3. The number of carbonyl (C=O) groups is 4. The van der Waals surface area contributed by atoms with Gasteiger partial charge in [-0.3, -0.25) is 24.1 Å². The third kappa shape index (κ3) is 5.07. The number of Topliss-reactive ketones (excluding diaryl/α,β-unsaturated/α-hetero) is 1. The van der Waals surface area contributed by atoms with Crippen molar-refractivity contribution in [1.29, 1.82) is 0 Å². The lowest BCUT2D eigenvalue weighted by Crippen LogP contribution is -2.33. The lowest BCUT2D eigenvalue weighted by Gasteiger charge is -2.14. The first-order valence-electron chi connectivity index (χ1n) is 11.6. The van der Waals surface area contributed by atoms with Gasteiger partial charge in [-0.2, -0.15) is 8.78 Å². The van der Waals surface area contributed by atoms with Crippen LogP contribution in [-0.4, -0.2) is 52.8 Å². The predicted molar refractivity (Wildman–Crippen MR) is 124 cm³/mol. The van der Waals surface area contributed by atoms with Crippen LogP contribution < -0.4 is 4.74 Å². The molecule has 2 amide bonds. The maximum atomic E-state index is 12.8. The average Bonchev–Trinajstić information content (AvgIpc) is 3.28. The van der Waals surface area contributed by atoms with E-state index in [-0.39, 0.29) is 42.4 Å². The topological polar surface area (TPSA) is 94.9 Å². The molecule has 2 aliphatic rings. The molecule has 2 heterocycles. The number of alkyl halides is 2. The van der Waals surface area contributed by atoms with Crippen molar-refractivity contribution in [3.8, 4) is 11.4 Å². The first-order chi connectivity index (χ1) is 17.2. The van der Waals surface area contributed by atoms with Crippen LogP contribution in [0.4, 0.5) is 8.78 Å². The molecule has 2 atom stereocenters. The molecule has 1 fully saturated rings. The zero-order valence-corrected chi connectivity index (χ0v) is 19.9. The SMILES string of the molecule is Cc1cc(C(=O)COC(=O)CCN2C(=O)C3CC=CCC3C2=O)c(C)n1-c1ccc(OC(F)F)cc1. The monoisotopic (exact) mass is 500 g/mol. The van der Waals surface area contributed by atoms with Crippen molar-refractivity contribution >= 4 is 23.6 Å². The molecule has 1 aliphatic carbocycles. The number of nitrogens with zero attached hydrogens (tertiary/aromatic N) is 2. The standard InChI is InChI=1S/C26H26F2N2O6/c1-15-13-21(16(2)30(15)17-7-9-18(10-8-17)36-26(27)28)22(31)14-35-23(32)11-12-29-24(33)19-5-3-4-6-20(19)25(29)34/h3-4,7-10,13,19-20,26H,5-6,11-12,14H2,1-2H3. The maximum absolute atomic E-state index is 12.8. The number of benzene rings is 1. The second kappa shape index (κ2) is 10.4. The zero-order chi connectivity index (χ0) is 26.0. The highest BCUT2D eigenvalue weighted by Gasteiger charge is 2.46. The van der Waals surface area contributed by atoms with Gasteiger partial charge in [-0.15, -0.1) is 0 Å². The summed E-state index contributed by atoms with van der Waals surface area (Å²) in [4.78, 5) is 51.1. The number of allylic oxidation sites excluding steroid dienone is 2. The Kier molecular flexibility index (Phi) is 7.32. The second-order valence-electron chi connectivity index (χ2n) is 8.81. The van der Waals surface area contributed by atoms with E-state index < -0.39 is 25.0 Å². The molecule has 190 valence electrons. The van der Waals surface area contributed by atoms with Crippen LogP contribution in [0.1, 0.15) is 41.0 Å². The Hall–Kier alpha value is -3.82. The highest BCUT2D eigenvalue weighted by Crippen LogP contribution is 2.35. The van der Waals surface area contributed by atoms with Crippen molar-refractivity contribution in [1.82, 2.24) is 9.47 Å². The number of esters is 1. The van der Waals surface area contributed by atoms with Crippen LogP contribution >= 0.6 is 0 Å². The number of fused-ring (bicyclic) bond motifs is 1. The van der Waals surface area contributed by atoms with Gasteiger partial charge < -0.3 is 14.0 Å². The fourth-order valence-corrected chi connectivity index (χ4v) is 4.81. The van der Waals surface area contributed by atoms with Crippen molar-refractivity contribution in [3.63, 3.8) is 0 Å². The minimum atomic E-state index is -2.92. The molecular weight excluding hydrogens is 474 g/mol. The average molecular weight is 500 g/mol. The van der Waals surface area contributed by atoms with Gasteiger partial charge in [0.05, 0.1) is 18.3 Å². The molecular formula is C26H26F2N2O6. The Bertz CT molecular complexity index is 1190. The van der Waals surface area contributed by atoms with Crippen LogP contribution in [0.3, 0.4) is 0 Å². The Morgan fingerprint density at radius 1 is 1.03 bits per heavy atom. The van der Waals surface area contributed by atoms with Gasteiger partial charge in [0.1, 0.15) is 5.75 Å². The summed E-state index contributed by atoms with van der Waals surface area (Å²) >= 11 is 0. The second-order valence-corrected chi connectivity index (χ2v) is 8.81. The molecule has 1 aliphatic heterocycles. The number of imide groups is 1. The molecule has 0 spiro atoms. The molecule has 2 unspecified atom stereocenters. The maximum Gasteiger partial charge on any atom is 0.387 e. The van der Waals surface area contributed by atoms with Crippen LogP contribution in [0.2, 0.25) is 0 Å². The number of aromatic nitrogens is 1. The van der Waals surface area contributed by atoms with E-state index in [0.29, 0.717) is 29.8 Å².